The van der Waals surface area contributed by atoms with E-state index in [0.717, 1.165) is 0 Å². The normalized spacial score (nSPS) is 11.0. The van der Waals surface area contributed by atoms with Crippen molar-refractivity contribution >= 4 is 11.9 Å². The van der Waals surface area contributed by atoms with E-state index in [-0.39, 0.29) is 12.5 Å². The van der Waals surface area contributed by atoms with Crippen molar-refractivity contribution < 1.29 is 14.3 Å². The van der Waals surface area contributed by atoms with E-state index in [1.165, 1.54) is 7.11 Å². The second-order valence-electron chi connectivity index (χ2n) is 1.84. The zero-order valence-electron chi connectivity index (χ0n) is 7.09. The van der Waals surface area contributed by atoms with E-state index in [4.69, 9.17) is 4.74 Å². The first-order chi connectivity index (χ1) is 5.20. The van der Waals surface area contributed by atoms with E-state index >= 15 is 0 Å². The van der Waals surface area contributed by atoms with Gasteiger partial charge >= 0.3 is 5.97 Å². The van der Waals surface area contributed by atoms with Crippen molar-refractivity contribution in [3.05, 3.63) is 0 Å². The minimum atomic E-state index is -0.357. The molecular weight excluding hydrogens is 146 g/mol. The first-order valence-corrected chi connectivity index (χ1v) is 3.41. The standard InChI is InChI=1S/C7H13NO3/c1-4-11-6(2)8-5-7(9)10-3/h4-5H2,1-3H3. The topological polar surface area (TPSA) is 47.9 Å². The lowest BCUT2D eigenvalue weighted by Gasteiger charge is -1.99. The Hall–Kier alpha value is -1.06. The van der Waals surface area contributed by atoms with Gasteiger partial charge in [-0.3, -0.25) is 4.79 Å². The number of methoxy groups -OCH3 is 1. The molecule has 0 heterocycles. The van der Waals surface area contributed by atoms with Crippen LogP contribution in [0.4, 0.5) is 0 Å². The number of hydrogen-bond acceptors (Lipinski definition) is 4. The van der Waals surface area contributed by atoms with E-state index in [1.54, 1.807) is 6.92 Å². The Morgan fingerprint density at radius 1 is 1.55 bits per heavy atom. The molecule has 0 amide bonds. The van der Waals surface area contributed by atoms with Crippen molar-refractivity contribution in [2.45, 2.75) is 13.8 Å². The molecule has 11 heavy (non-hydrogen) atoms. The number of aliphatic imine (C=N–C) groups is 1. The van der Waals surface area contributed by atoms with Crippen molar-refractivity contribution in [3.63, 3.8) is 0 Å². The van der Waals surface area contributed by atoms with Crippen LogP contribution >= 0.6 is 0 Å². The third kappa shape index (κ3) is 5.39. The third-order valence-corrected chi connectivity index (χ3v) is 1.01. The predicted octanol–water partition coefficient (Wildman–Crippen LogP) is 0.614. The molecule has 4 nitrogen and oxygen atoms in total. The van der Waals surface area contributed by atoms with Crippen molar-refractivity contribution in [2.24, 2.45) is 4.99 Å². The summed E-state index contributed by atoms with van der Waals surface area (Å²) in [5.74, 6) is 0.155. The number of hydrogen-bond donors (Lipinski definition) is 0. The average molecular weight is 159 g/mol. The van der Waals surface area contributed by atoms with Gasteiger partial charge < -0.3 is 9.47 Å². The molecule has 0 atom stereocenters. The highest BCUT2D eigenvalue weighted by atomic mass is 16.5. The summed E-state index contributed by atoms with van der Waals surface area (Å²) in [5, 5.41) is 0. The highest BCUT2D eigenvalue weighted by molar-refractivity contribution is 5.78. The van der Waals surface area contributed by atoms with Gasteiger partial charge in [-0.05, 0) is 6.92 Å². The van der Waals surface area contributed by atoms with Gasteiger partial charge in [0.15, 0.2) is 5.90 Å². The second kappa shape index (κ2) is 5.70. The Kier molecular flexibility index (Phi) is 5.15. The molecule has 0 saturated heterocycles. The van der Waals surface area contributed by atoms with Crippen molar-refractivity contribution in [3.8, 4) is 0 Å². The predicted molar refractivity (Wildman–Crippen MR) is 41.6 cm³/mol. The number of carbonyl (C=O) groups is 1. The van der Waals surface area contributed by atoms with Crippen molar-refractivity contribution in [1.29, 1.82) is 0 Å². The smallest absolute Gasteiger partial charge is 0.327 e. The molecule has 0 aromatic heterocycles. The highest BCUT2D eigenvalue weighted by Gasteiger charge is 1.96. The highest BCUT2D eigenvalue weighted by Crippen LogP contribution is 1.83. The maximum absolute atomic E-state index is 10.5. The monoisotopic (exact) mass is 159 g/mol. The Labute approximate surface area is 66.2 Å². The summed E-state index contributed by atoms with van der Waals surface area (Å²) in [6, 6.07) is 0. The van der Waals surface area contributed by atoms with E-state index < -0.39 is 0 Å². The minimum Gasteiger partial charge on any atom is -0.481 e. The van der Waals surface area contributed by atoms with Gasteiger partial charge in [-0.1, -0.05) is 0 Å². The molecule has 0 unspecified atom stereocenters. The molecule has 0 radical (unpaired) electrons. The molecule has 0 aliphatic heterocycles. The minimum absolute atomic E-state index is 0.0301. The third-order valence-electron chi connectivity index (χ3n) is 1.01. The van der Waals surface area contributed by atoms with Crippen LogP contribution in [0.3, 0.4) is 0 Å². The van der Waals surface area contributed by atoms with Crippen LogP contribution < -0.4 is 0 Å². The fourth-order valence-corrected chi connectivity index (χ4v) is 0.495. The van der Waals surface area contributed by atoms with Crippen LogP contribution in [0.1, 0.15) is 13.8 Å². The molecule has 0 fully saturated rings. The van der Waals surface area contributed by atoms with Crippen LogP contribution in [0, 0.1) is 0 Å². The summed E-state index contributed by atoms with van der Waals surface area (Å²) in [6.07, 6.45) is 0. The fourth-order valence-electron chi connectivity index (χ4n) is 0.495. The summed E-state index contributed by atoms with van der Waals surface area (Å²) < 4.78 is 9.36. The van der Waals surface area contributed by atoms with Crippen molar-refractivity contribution in [1.82, 2.24) is 0 Å². The van der Waals surface area contributed by atoms with Gasteiger partial charge in [0.05, 0.1) is 13.7 Å². The molecule has 0 aliphatic rings. The molecule has 0 aromatic rings. The van der Waals surface area contributed by atoms with Crippen molar-refractivity contribution in [2.75, 3.05) is 20.3 Å². The Bertz CT molecular complexity index is 154. The number of nitrogens with zero attached hydrogens (tertiary/aromatic N) is 1. The van der Waals surface area contributed by atoms with E-state index in [9.17, 15) is 4.79 Å². The van der Waals surface area contributed by atoms with Crippen LogP contribution in [-0.4, -0.2) is 32.1 Å². The van der Waals surface area contributed by atoms with E-state index in [0.29, 0.717) is 12.5 Å². The maximum atomic E-state index is 10.5. The van der Waals surface area contributed by atoms with Crippen LogP contribution in [0.25, 0.3) is 0 Å². The van der Waals surface area contributed by atoms with Gasteiger partial charge in [0.25, 0.3) is 0 Å². The Morgan fingerprint density at radius 3 is 2.64 bits per heavy atom. The molecule has 0 rings (SSSR count). The first kappa shape index (κ1) is 9.94. The van der Waals surface area contributed by atoms with Gasteiger partial charge in [0.1, 0.15) is 6.54 Å². The SMILES string of the molecule is CCOC(C)=NCC(=O)OC. The fraction of sp³-hybridized carbons (Fsp3) is 0.714. The van der Waals surface area contributed by atoms with Crippen LogP contribution in [0.5, 0.6) is 0 Å². The molecule has 0 bridgehead atoms. The molecule has 0 aromatic carbocycles. The molecule has 0 spiro atoms. The quantitative estimate of drug-likeness (QED) is 0.344. The Morgan fingerprint density at radius 2 is 2.18 bits per heavy atom. The van der Waals surface area contributed by atoms with Gasteiger partial charge in [0.2, 0.25) is 0 Å². The number of ether oxygens (including phenoxy) is 2. The van der Waals surface area contributed by atoms with Gasteiger partial charge in [-0.2, -0.15) is 0 Å². The lowest BCUT2D eigenvalue weighted by atomic mass is 10.6. The maximum Gasteiger partial charge on any atom is 0.327 e. The molecule has 4 heteroatoms. The summed E-state index contributed by atoms with van der Waals surface area (Å²) in [5.41, 5.74) is 0. The summed E-state index contributed by atoms with van der Waals surface area (Å²) in [4.78, 5) is 14.3. The zero-order valence-corrected chi connectivity index (χ0v) is 7.09. The number of rotatable bonds is 3. The summed E-state index contributed by atoms with van der Waals surface area (Å²) in [7, 11) is 1.33. The van der Waals surface area contributed by atoms with Crippen LogP contribution in [0.15, 0.2) is 4.99 Å². The van der Waals surface area contributed by atoms with Gasteiger partial charge in [-0.15, -0.1) is 0 Å². The molecular formula is C7H13NO3. The second-order valence-corrected chi connectivity index (χ2v) is 1.84. The summed E-state index contributed by atoms with van der Waals surface area (Å²) >= 11 is 0. The number of carbonyl (C=O) groups excluding carboxylic acids is 1. The lowest BCUT2D eigenvalue weighted by molar-refractivity contribution is -0.138. The number of esters is 1. The largest absolute Gasteiger partial charge is 0.481 e. The average Bonchev–Trinajstić information content (AvgIpc) is 2.01. The van der Waals surface area contributed by atoms with Gasteiger partial charge in [-0.25, -0.2) is 4.99 Å². The zero-order chi connectivity index (χ0) is 8.69. The molecule has 0 aliphatic carbocycles. The Balaban J connectivity index is 3.63. The van der Waals surface area contributed by atoms with Crippen LogP contribution in [-0.2, 0) is 14.3 Å². The first-order valence-electron chi connectivity index (χ1n) is 3.41. The summed E-state index contributed by atoms with van der Waals surface area (Å²) in [6.45, 7) is 4.16. The molecule has 0 saturated carbocycles. The van der Waals surface area contributed by atoms with Gasteiger partial charge in [0, 0.05) is 6.92 Å². The van der Waals surface area contributed by atoms with E-state index in [2.05, 4.69) is 9.73 Å². The molecule has 0 N–H and O–H groups in total. The van der Waals surface area contributed by atoms with Crippen LogP contribution in [0.2, 0.25) is 0 Å². The van der Waals surface area contributed by atoms with E-state index in [1.807, 2.05) is 6.92 Å². The molecule has 64 valence electrons. The lowest BCUT2D eigenvalue weighted by Crippen LogP contribution is -2.08.